The Labute approximate surface area is 114 Å². The lowest BCUT2D eigenvalue weighted by Gasteiger charge is -2.10. The Morgan fingerprint density at radius 2 is 2.15 bits per heavy atom. The predicted octanol–water partition coefficient (Wildman–Crippen LogP) is 2.24. The molecule has 0 saturated carbocycles. The molecule has 0 aliphatic rings. The van der Waals surface area contributed by atoms with Gasteiger partial charge in [-0.25, -0.2) is 18.9 Å². The van der Waals surface area contributed by atoms with Crippen LogP contribution < -0.4 is 4.74 Å². The molecule has 0 bridgehead atoms. The molecule has 0 fully saturated rings. The van der Waals surface area contributed by atoms with E-state index in [1.165, 1.54) is 30.0 Å². The number of aromatic carboxylic acids is 1. The van der Waals surface area contributed by atoms with E-state index in [0.717, 1.165) is 0 Å². The lowest BCUT2D eigenvalue weighted by molar-refractivity contribution is 0.0683. The van der Waals surface area contributed by atoms with E-state index < -0.39 is 11.8 Å². The average molecular weight is 279 g/mol. The van der Waals surface area contributed by atoms with Crippen molar-refractivity contribution < 1.29 is 19.0 Å². The number of nitrogens with zero attached hydrogens (tertiary/aromatic N) is 3. The number of ether oxygens (including phenoxy) is 1. The molecule has 20 heavy (non-hydrogen) atoms. The molecule has 7 heteroatoms. The van der Waals surface area contributed by atoms with E-state index in [4.69, 9.17) is 9.84 Å². The number of methoxy groups -OCH3 is 1. The molecule has 0 unspecified atom stereocenters. The number of rotatable bonds is 4. The van der Waals surface area contributed by atoms with E-state index in [1.807, 2.05) is 13.8 Å². The van der Waals surface area contributed by atoms with Gasteiger partial charge in [-0.2, -0.15) is 0 Å². The minimum absolute atomic E-state index is 0.105. The molecule has 6 nitrogen and oxygen atoms in total. The van der Waals surface area contributed by atoms with Gasteiger partial charge in [-0.1, -0.05) is 13.8 Å². The molecule has 0 aliphatic carbocycles. The Kier molecular flexibility index (Phi) is 3.69. The highest BCUT2D eigenvalue weighted by molar-refractivity contribution is 5.83. The maximum atomic E-state index is 14.0. The lowest BCUT2D eigenvalue weighted by atomic mass is 10.2. The Hall–Kier alpha value is -2.44. The van der Waals surface area contributed by atoms with Crippen LogP contribution in [0.25, 0.3) is 5.69 Å². The minimum Gasteiger partial charge on any atom is -0.497 e. The van der Waals surface area contributed by atoms with Crippen LogP contribution in [0.3, 0.4) is 0 Å². The van der Waals surface area contributed by atoms with Crippen molar-refractivity contribution in [2.24, 2.45) is 0 Å². The molecule has 0 radical (unpaired) electrons. The van der Waals surface area contributed by atoms with Crippen LogP contribution in [0.2, 0.25) is 0 Å². The summed E-state index contributed by atoms with van der Waals surface area (Å²) in [5.41, 5.74) is 0.105. The molecule has 1 aromatic heterocycles. The van der Waals surface area contributed by atoms with Crippen LogP contribution in [0.5, 0.6) is 5.75 Å². The Morgan fingerprint density at radius 1 is 1.45 bits per heavy atom. The molecule has 1 N–H and O–H groups in total. The van der Waals surface area contributed by atoms with Crippen LogP contribution in [0, 0.1) is 5.82 Å². The van der Waals surface area contributed by atoms with Crippen LogP contribution >= 0.6 is 0 Å². The Morgan fingerprint density at radius 3 is 2.70 bits per heavy atom. The summed E-state index contributed by atoms with van der Waals surface area (Å²) in [6, 6.07) is 4.16. The fourth-order valence-electron chi connectivity index (χ4n) is 1.75. The number of benzene rings is 1. The van der Waals surface area contributed by atoms with Crippen molar-refractivity contribution in [3.8, 4) is 11.4 Å². The topological polar surface area (TPSA) is 77.2 Å². The van der Waals surface area contributed by atoms with Crippen LogP contribution in [0.15, 0.2) is 18.2 Å². The first kappa shape index (κ1) is 14.0. The van der Waals surface area contributed by atoms with Crippen molar-refractivity contribution in [1.29, 1.82) is 0 Å². The quantitative estimate of drug-likeness (QED) is 0.928. The molecule has 1 heterocycles. The largest absolute Gasteiger partial charge is 0.497 e. The number of hydrogen-bond donors (Lipinski definition) is 1. The molecular formula is C13H14FN3O3. The Bertz CT molecular complexity index is 652. The van der Waals surface area contributed by atoms with Gasteiger partial charge in [-0.3, -0.25) is 0 Å². The second-order valence-corrected chi connectivity index (χ2v) is 4.48. The highest BCUT2D eigenvalue weighted by atomic mass is 19.1. The normalized spacial score (nSPS) is 10.8. The van der Waals surface area contributed by atoms with Gasteiger partial charge in [0.2, 0.25) is 0 Å². The predicted molar refractivity (Wildman–Crippen MR) is 68.9 cm³/mol. The molecule has 2 rings (SSSR count). The molecular weight excluding hydrogens is 265 g/mol. The van der Waals surface area contributed by atoms with Crippen LogP contribution in [-0.2, 0) is 0 Å². The van der Waals surface area contributed by atoms with Crippen molar-refractivity contribution >= 4 is 5.97 Å². The number of carbonyl (C=O) groups is 1. The number of aromatic nitrogens is 3. The number of carboxylic acids is 1. The van der Waals surface area contributed by atoms with Crippen LogP contribution in [0.4, 0.5) is 4.39 Å². The smallest absolute Gasteiger partial charge is 0.375 e. The summed E-state index contributed by atoms with van der Waals surface area (Å²) in [5, 5.41) is 12.8. The summed E-state index contributed by atoms with van der Waals surface area (Å²) >= 11 is 0. The zero-order valence-corrected chi connectivity index (χ0v) is 11.3. The van der Waals surface area contributed by atoms with Gasteiger partial charge in [-0.15, -0.1) is 5.10 Å². The summed E-state index contributed by atoms with van der Waals surface area (Å²) in [4.78, 5) is 14.9. The van der Waals surface area contributed by atoms with E-state index in [0.29, 0.717) is 11.6 Å². The first-order chi connectivity index (χ1) is 9.43. The first-order valence-electron chi connectivity index (χ1n) is 5.98. The standard InChI is InChI=1S/C13H14FN3O3/c1-7(2)12-15-11(13(18)19)16-17(12)10-6-8(20-3)4-5-9(10)14/h4-7H,1-3H3,(H,18,19). The SMILES string of the molecule is COc1ccc(F)c(-n2nc(C(=O)O)nc2C(C)C)c1. The van der Waals surface area contributed by atoms with E-state index in [9.17, 15) is 9.18 Å². The maximum Gasteiger partial charge on any atom is 0.375 e. The third-order valence-electron chi connectivity index (χ3n) is 2.72. The molecule has 1 aromatic carbocycles. The maximum absolute atomic E-state index is 14.0. The van der Waals surface area contributed by atoms with Crippen molar-refractivity contribution in [1.82, 2.24) is 14.8 Å². The number of carboxylic acid groups (broad SMARTS) is 1. The van der Waals surface area contributed by atoms with Crippen molar-refractivity contribution in [2.75, 3.05) is 7.11 Å². The van der Waals surface area contributed by atoms with E-state index in [-0.39, 0.29) is 17.4 Å². The number of hydrogen-bond acceptors (Lipinski definition) is 4. The molecule has 0 amide bonds. The second-order valence-electron chi connectivity index (χ2n) is 4.48. The van der Waals surface area contributed by atoms with Gasteiger partial charge in [0.25, 0.3) is 5.82 Å². The molecule has 2 aromatic rings. The lowest BCUT2D eigenvalue weighted by Crippen LogP contribution is -2.07. The van der Waals surface area contributed by atoms with E-state index in [2.05, 4.69) is 10.1 Å². The summed E-state index contributed by atoms with van der Waals surface area (Å²) in [5.74, 6) is -1.45. The fourth-order valence-corrected chi connectivity index (χ4v) is 1.75. The third-order valence-corrected chi connectivity index (χ3v) is 2.72. The zero-order chi connectivity index (χ0) is 14.9. The van der Waals surface area contributed by atoms with Gasteiger partial charge in [0, 0.05) is 12.0 Å². The fraction of sp³-hybridized carbons (Fsp3) is 0.308. The van der Waals surface area contributed by atoms with Crippen LogP contribution in [0.1, 0.15) is 36.2 Å². The van der Waals surface area contributed by atoms with Gasteiger partial charge < -0.3 is 9.84 Å². The molecule has 0 spiro atoms. The summed E-state index contributed by atoms with van der Waals surface area (Å²) in [6.07, 6.45) is 0. The van der Waals surface area contributed by atoms with Crippen molar-refractivity contribution in [3.05, 3.63) is 35.7 Å². The number of halogens is 1. The zero-order valence-electron chi connectivity index (χ0n) is 11.3. The Balaban J connectivity index is 2.64. The molecule has 0 atom stereocenters. The first-order valence-corrected chi connectivity index (χ1v) is 5.98. The summed E-state index contributed by atoms with van der Waals surface area (Å²) < 4.78 is 20.2. The molecule has 0 saturated heterocycles. The summed E-state index contributed by atoms with van der Waals surface area (Å²) in [6.45, 7) is 3.65. The van der Waals surface area contributed by atoms with Crippen molar-refractivity contribution in [3.63, 3.8) is 0 Å². The monoisotopic (exact) mass is 279 g/mol. The van der Waals surface area contributed by atoms with Crippen LogP contribution in [-0.4, -0.2) is 33.0 Å². The van der Waals surface area contributed by atoms with Gasteiger partial charge in [-0.05, 0) is 12.1 Å². The molecule has 0 aliphatic heterocycles. The van der Waals surface area contributed by atoms with Crippen molar-refractivity contribution in [2.45, 2.75) is 19.8 Å². The second kappa shape index (κ2) is 5.28. The van der Waals surface area contributed by atoms with Gasteiger partial charge in [0.1, 0.15) is 23.1 Å². The van der Waals surface area contributed by atoms with Gasteiger partial charge >= 0.3 is 5.97 Å². The minimum atomic E-state index is -1.26. The highest BCUT2D eigenvalue weighted by Gasteiger charge is 2.20. The molecule has 106 valence electrons. The highest BCUT2D eigenvalue weighted by Crippen LogP contribution is 2.23. The van der Waals surface area contributed by atoms with Gasteiger partial charge in [0.05, 0.1) is 7.11 Å². The summed E-state index contributed by atoms with van der Waals surface area (Å²) in [7, 11) is 1.46. The third kappa shape index (κ3) is 2.47. The van der Waals surface area contributed by atoms with E-state index >= 15 is 0 Å². The van der Waals surface area contributed by atoms with E-state index in [1.54, 1.807) is 0 Å². The van der Waals surface area contributed by atoms with Gasteiger partial charge in [0.15, 0.2) is 0 Å². The average Bonchev–Trinajstić information content (AvgIpc) is 2.84.